The van der Waals surface area contributed by atoms with Crippen molar-refractivity contribution < 1.29 is 29.2 Å². The fourth-order valence-electron chi connectivity index (χ4n) is 3.27. The Labute approximate surface area is 160 Å². The van der Waals surface area contributed by atoms with Crippen molar-refractivity contribution >= 4 is 11.0 Å². The van der Waals surface area contributed by atoms with E-state index in [1.54, 1.807) is 37.3 Å². The van der Waals surface area contributed by atoms with E-state index in [1.165, 1.54) is 18.4 Å². The van der Waals surface area contributed by atoms with Gasteiger partial charge in [-0.05, 0) is 36.8 Å². The van der Waals surface area contributed by atoms with E-state index in [1.807, 2.05) is 0 Å². The average Bonchev–Trinajstić information content (AvgIpc) is 2.67. The summed E-state index contributed by atoms with van der Waals surface area (Å²) in [6.07, 6.45) is -1.64. The minimum absolute atomic E-state index is 0.118. The normalized spacial score (nSPS) is 25.0. The number of hydrogen-bond acceptors (Lipinski definition) is 7. The third kappa shape index (κ3) is 3.47. The second-order valence-electron chi connectivity index (χ2n) is 6.87. The molecule has 3 N–H and O–H groups in total. The molecule has 2 aromatic carbocycles. The van der Waals surface area contributed by atoms with Crippen LogP contribution in [0.5, 0.6) is 11.5 Å². The Morgan fingerprint density at radius 3 is 2.57 bits per heavy atom. The summed E-state index contributed by atoms with van der Waals surface area (Å²) in [4.78, 5) is 12.8. The Morgan fingerprint density at radius 2 is 1.86 bits per heavy atom. The van der Waals surface area contributed by atoms with Crippen molar-refractivity contribution in [1.29, 1.82) is 0 Å². The molecule has 28 heavy (non-hydrogen) atoms. The first kappa shape index (κ1) is 18.5. The van der Waals surface area contributed by atoms with Crippen LogP contribution in [0.1, 0.15) is 13.3 Å². The number of hydrogen-bond donors (Lipinski definition) is 3. The van der Waals surface area contributed by atoms with Gasteiger partial charge in [-0.1, -0.05) is 12.1 Å². The molecular formula is C21H20O7. The molecule has 0 saturated carbocycles. The molecule has 1 aliphatic rings. The summed E-state index contributed by atoms with van der Waals surface area (Å²) >= 11 is 0. The molecule has 3 aromatic rings. The monoisotopic (exact) mass is 384 g/mol. The lowest BCUT2D eigenvalue weighted by molar-refractivity contribution is -0.216. The highest BCUT2D eigenvalue weighted by Crippen LogP contribution is 2.27. The largest absolute Gasteiger partial charge is 0.508 e. The number of phenolic OH excluding ortho intramolecular Hbond substituents is 1. The zero-order chi connectivity index (χ0) is 19.8. The molecule has 0 spiro atoms. The van der Waals surface area contributed by atoms with Crippen molar-refractivity contribution in [3.8, 4) is 22.6 Å². The summed E-state index contributed by atoms with van der Waals surface area (Å²) < 4.78 is 16.9. The minimum Gasteiger partial charge on any atom is -0.508 e. The number of fused-ring (bicyclic) bond motifs is 1. The van der Waals surface area contributed by atoms with Crippen LogP contribution < -0.4 is 10.2 Å². The standard InChI is InChI=1S/C21H20O7/c1-11-20(24)17(23)9-19(27-11)28-14-6-7-15-18(8-14)26-10-16(21(15)25)12-2-4-13(22)5-3-12/h2-8,10-11,17,19-20,22-24H,9H2,1H3/t11-,17-,19-,20+/m0/s1. The first-order valence-electron chi connectivity index (χ1n) is 8.95. The Morgan fingerprint density at radius 1 is 1.11 bits per heavy atom. The van der Waals surface area contributed by atoms with E-state index in [4.69, 9.17) is 13.9 Å². The predicted octanol–water partition coefficient (Wildman–Crippen LogP) is 2.40. The van der Waals surface area contributed by atoms with Crippen molar-refractivity contribution in [3.05, 3.63) is 59.0 Å². The van der Waals surface area contributed by atoms with Crippen molar-refractivity contribution in [1.82, 2.24) is 0 Å². The zero-order valence-corrected chi connectivity index (χ0v) is 15.1. The van der Waals surface area contributed by atoms with Crippen LogP contribution in [0, 0.1) is 0 Å². The number of aliphatic hydroxyl groups is 2. The first-order chi connectivity index (χ1) is 13.4. The molecule has 0 bridgehead atoms. The molecule has 1 aliphatic heterocycles. The molecule has 146 valence electrons. The van der Waals surface area contributed by atoms with Gasteiger partial charge in [-0.25, -0.2) is 0 Å². The molecular weight excluding hydrogens is 364 g/mol. The van der Waals surface area contributed by atoms with Crippen molar-refractivity contribution in [2.24, 2.45) is 0 Å². The molecule has 0 unspecified atom stereocenters. The smallest absolute Gasteiger partial charge is 0.202 e. The van der Waals surface area contributed by atoms with E-state index in [0.29, 0.717) is 27.8 Å². The number of aliphatic hydroxyl groups excluding tert-OH is 2. The SMILES string of the molecule is C[C@@H]1O[C@@H](Oc2ccc3c(=O)c(-c4ccc(O)cc4)coc3c2)C[C@H](O)[C@@H]1O. The van der Waals surface area contributed by atoms with Gasteiger partial charge in [-0.15, -0.1) is 0 Å². The quantitative estimate of drug-likeness (QED) is 0.636. The number of aromatic hydroxyl groups is 1. The van der Waals surface area contributed by atoms with Crippen LogP contribution in [-0.2, 0) is 4.74 Å². The topological polar surface area (TPSA) is 109 Å². The molecule has 7 heteroatoms. The van der Waals surface area contributed by atoms with Gasteiger partial charge < -0.3 is 29.2 Å². The van der Waals surface area contributed by atoms with E-state index in [0.717, 1.165) is 0 Å². The lowest BCUT2D eigenvalue weighted by Crippen LogP contribution is -2.48. The lowest BCUT2D eigenvalue weighted by Gasteiger charge is -2.35. The van der Waals surface area contributed by atoms with E-state index in [9.17, 15) is 20.1 Å². The van der Waals surface area contributed by atoms with E-state index >= 15 is 0 Å². The van der Waals surface area contributed by atoms with E-state index in [2.05, 4.69) is 0 Å². The van der Waals surface area contributed by atoms with Gasteiger partial charge in [0.1, 0.15) is 29.4 Å². The third-order valence-electron chi connectivity index (χ3n) is 4.87. The van der Waals surface area contributed by atoms with Crippen molar-refractivity contribution in [2.75, 3.05) is 0 Å². The Balaban J connectivity index is 1.61. The van der Waals surface area contributed by atoms with Gasteiger partial charge in [0.05, 0.1) is 23.2 Å². The summed E-state index contributed by atoms with van der Waals surface area (Å²) in [6.45, 7) is 1.66. The second kappa shape index (κ2) is 7.27. The Kier molecular flexibility index (Phi) is 4.80. The highest BCUT2D eigenvalue weighted by atomic mass is 16.7. The van der Waals surface area contributed by atoms with E-state index in [-0.39, 0.29) is 17.6 Å². The molecule has 0 radical (unpaired) electrons. The Bertz CT molecular complexity index is 1030. The van der Waals surface area contributed by atoms with Gasteiger partial charge in [0.25, 0.3) is 0 Å². The number of rotatable bonds is 3. The summed E-state index contributed by atoms with van der Waals surface area (Å²) in [6, 6.07) is 11.1. The molecule has 4 atom stereocenters. The van der Waals surface area contributed by atoms with Gasteiger partial charge in [0, 0.05) is 12.5 Å². The fraction of sp³-hybridized carbons (Fsp3) is 0.286. The maximum Gasteiger partial charge on any atom is 0.202 e. The number of ether oxygens (including phenoxy) is 2. The van der Waals surface area contributed by atoms with Crippen LogP contribution in [-0.4, -0.2) is 39.9 Å². The van der Waals surface area contributed by atoms with Crippen LogP contribution in [0.15, 0.2) is 57.9 Å². The van der Waals surface area contributed by atoms with Crippen LogP contribution in [0.25, 0.3) is 22.1 Å². The molecule has 1 aromatic heterocycles. The van der Waals surface area contributed by atoms with Gasteiger partial charge in [-0.2, -0.15) is 0 Å². The zero-order valence-electron chi connectivity index (χ0n) is 15.1. The molecule has 1 fully saturated rings. The summed E-state index contributed by atoms with van der Waals surface area (Å²) in [5.74, 6) is 0.543. The van der Waals surface area contributed by atoms with Gasteiger partial charge >= 0.3 is 0 Å². The fourth-order valence-corrected chi connectivity index (χ4v) is 3.27. The Hall–Kier alpha value is -2.87. The van der Waals surface area contributed by atoms with Crippen molar-refractivity contribution in [3.63, 3.8) is 0 Å². The molecule has 1 saturated heterocycles. The highest BCUT2D eigenvalue weighted by molar-refractivity contribution is 5.82. The molecule has 7 nitrogen and oxygen atoms in total. The minimum atomic E-state index is -0.951. The second-order valence-corrected chi connectivity index (χ2v) is 6.87. The number of benzene rings is 2. The third-order valence-corrected chi connectivity index (χ3v) is 4.87. The van der Waals surface area contributed by atoms with E-state index < -0.39 is 24.6 Å². The summed E-state index contributed by atoms with van der Waals surface area (Å²) in [5, 5.41) is 29.4. The van der Waals surface area contributed by atoms with Gasteiger partial charge in [0.15, 0.2) is 5.43 Å². The van der Waals surface area contributed by atoms with Crippen LogP contribution in [0.3, 0.4) is 0 Å². The first-order valence-corrected chi connectivity index (χ1v) is 8.95. The summed E-state index contributed by atoms with van der Waals surface area (Å²) in [5.41, 5.74) is 1.20. The highest BCUT2D eigenvalue weighted by Gasteiger charge is 2.35. The average molecular weight is 384 g/mol. The molecule has 0 aliphatic carbocycles. The lowest BCUT2D eigenvalue weighted by atomic mass is 10.0. The van der Waals surface area contributed by atoms with Crippen LogP contribution in [0.4, 0.5) is 0 Å². The maximum absolute atomic E-state index is 12.8. The molecule has 4 rings (SSSR count). The molecule has 0 amide bonds. The summed E-state index contributed by atoms with van der Waals surface area (Å²) in [7, 11) is 0. The van der Waals surface area contributed by atoms with Crippen molar-refractivity contribution in [2.45, 2.75) is 37.9 Å². The van der Waals surface area contributed by atoms with Crippen LogP contribution in [0.2, 0.25) is 0 Å². The number of phenols is 1. The molecule has 2 heterocycles. The predicted molar refractivity (Wildman–Crippen MR) is 101 cm³/mol. The van der Waals surface area contributed by atoms with Gasteiger partial charge in [-0.3, -0.25) is 4.79 Å². The van der Waals surface area contributed by atoms with Crippen LogP contribution >= 0.6 is 0 Å². The van der Waals surface area contributed by atoms with Gasteiger partial charge in [0.2, 0.25) is 6.29 Å². The maximum atomic E-state index is 12.8.